The van der Waals surface area contributed by atoms with Gasteiger partial charge in [-0.2, -0.15) is 0 Å². The molecule has 4 rings (SSSR count). The molecule has 0 aliphatic heterocycles. The average molecular weight is 1090 g/mol. The number of phenolic OH excluding ortho intramolecular Hbond substituents is 2. The number of halogens is 10. The van der Waals surface area contributed by atoms with Crippen molar-refractivity contribution in [3.05, 3.63) is 109 Å². The third-order valence-electron chi connectivity index (χ3n) is 4.66. The van der Waals surface area contributed by atoms with Crippen LogP contribution in [0.1, 0.15) is 11.1 Å². The first-order valence-corrected chi connectivity index (χ1v) is 14.6. The first-order chi connectivity index (χ1) is 18.0. The molecule has 0 saturated carbocycles. The molecule has 0 atom stereocenters. The van der Waals surface area contributed by atoms with Gasteiger partial charge in [0.1, 0.15) is 22.9 Å². The number of nitrogens with zero attached hydrogens (tertiary/aromatic N) is 2. The molecule has 4 aromatic rings. The number of benzene rings is 4. The first-order valence-electron chi connectivity index (χ1n) is 10.3. The number of aromatic hydroxyl groups is 2. The molecule has 4 nitrogen and oxygen atoms in total. The second-order valence-electron chi connectivity index (χ2n) is 7.31. The fourth-order valence-electron chi connectivity index (χ4n) is 2.86. The zero-order chi connectivity index (χ0) is 28.0. The van der Waals surface area contributed by atoms with Crippen molar-refractivity contribution < 1.29 is 49.5 Å². The molecule has 0 fully saturated rings. The van der Waals surface area contributed by atoms with E-state index in [0.29, 0.717) is 18.3 Å². The molecule has 4 aromatic carbocycles. The van der Waals surface area contributed by atoms with Crippen molar-refractivity contribution in [2.75, 3.05) is 0 Å². The Bertz CT molecular complexity index is 1410. The zero-order valence-electron chi connectivity index (χ0n) is 20.1. The minimum absolute atomic E-state index is 0. The van der Waals surface area contributed by atoms with Crippen LogP contribution in [0.15, 0.2) is 70.6 Å². The maximum Gasteiger partial charge on any atom is 0.151 e. The van der Waals surface area contributed by atoms with Gasteiger partial charge in [-0.15, -0.1) is 24.8 Å². The van der Waals surface area contributed by atoms with E-state index in [9.17, 15) is 27.8 Å². The maximum atomic E-state index is 13.4. The van der Waals surface area contributed by atoms with Gasteiger partial charge in [0.15, 0.2) is 23.3 Å². The molecule has 0 aliphatic carbocycles. The average Bonchev–Trinajstić information content (AvgIpc) is 2.84. The Morgan fingerprint density at radius 2 is 0.854 bits per heavy atom. The summed E-state index contributed by atoms with van der Waals surface area (Å²) in [5.74, 6) is -2.87. The number of hydrogen-bond acceptors (Lipinski definition) is 4. The van der Waals surface area contributed by atoms with Gasteiger partial charge >= 0.3 is 0 Å². The molecule has 2 N–H and O–H groups in total. The molecule has 0 saturated heterocycles. The van der Waals surface area contributed by atoms with Crippen LogP contribution in [0.2, 0.25) is 0 Å². The van der Waals surface area contributed by atoms with Gasteiger partial charge in [0.05, 0.1) is 7.14 Å². The molecule has 0 amide bonds. The fraction of sp³-hybridized carbons (Fsp3) is 0. The van der Waals surface area contributed by atoms with Crippen molar-refractivity contribution in [2.24, 2.45) is 9.98 Å². The smallest absolute Gasteiger partial charge is 0.151 e. The van der Waals surface area contributed by atoms with E-state index >= 15 is 0 Å². The van der Waals surface area contributed by atoms with Crippen LogP contribution in [-0.4, -0.2) is 22.6 Å². The van der Waals surface area contributed by atoms with Crippen LogP contribution in [0.25, 0.3) is 0 Å². The fourth-order valence-corrected chi connectivity index (χ4v) is 6.64. The Hall–Kier alpha value is -0.246. The molecule has 0 radical (unpaired) electrons. The number of hydrogen-bond donors (Lipinski definition) is 2. The molecular weight excluding hydrogens is 1070 g/mol. The largest absolute Gasteiger partial charge is 0.506 e. The third-order valence-corrected chi connectivity index (χ3v) is 7.55. The van der Waals surface area contributed by atoms with E-state index in [2.05, 4.69) is 55.2 Å². The summed E-state index contributed by atoms with van der Waals surface area (Å²) < 4.78 is 56.7. The summed E-state index contributed by atoms with van der Waals surface area (Å²) in [6.07, 6.45) is 2.50. The standard InChI is InChI=1S/2C13H7F2I2NO.2ClH.Ti/c2*14-9-2-1-3-10(15)12(9)18-6-7-4-8(16)5-11(17)13(7)19;;;/h2*1-6,19H;2*1H;. The van der Waals surface area contributed by atoms with E-state index in [0.717, 1.165) is 31.4 Å². The molecule has 41 heavy (non-hydrogen) atoms. The molecule has 0 heterocycles. The predicted molar refractivity (Wildman–Crippen MR) is 189 cm³/mol. The summed E-state index contributed by atoms with van der Waals surface area (Å²) in [4.78, 5) is 7.55. The van der Waals surface area contributed by atoms with Crippen molar-refractivity contribution >= 4 is 139 Å². The van der Waals surface area contributed by atoms with Gasteiger partial charge in [0.2, 0.25) is 0 Å². The van der Waals surface area contributed by atoms with Gasteiger partial charge in [-0.25, -0.2) is 27.5 Å². The van der Waals surface area contributed by atoms with Crippen LogP contribution in [0, 0.1) is 37.5 Å². The van der Waals surface area contributed by atoms with Crippen LogP contribution >= 0.6 is 115 Å². The Balaban J connectivity index is 0.000000727. The van der Waals surface area contributed by atoms with Crippen LogP contribution in [0.4, 0.5) is 28.9 Å². The van der Waals surface area contributed by atoms with E-state index in [1.807, 2.05) is 45.2 Å². The normalized spacial score (nSPS) is 10.3. The van der Waals surface area contributed by atoms with Gasteiger partial charge in [-0.05, 0) is 139 Å². The Kier molecular flexibility index (Phi) is 19.1. The van der Waals surface area contributed by atoms with Crippen molar-refractivity contribution in [2.45, 2.75) is 0 Å². The van der Waals surface area contributed by atoms with Gasteiger partial charge < -0.3 is 10.2 Å². The summed E-state index contributed by atoms with van der Waals surface area (Å²) in [6, 6.07) is 14.0. The SMILES string of the molecule is Cl.Cl.Oc1c(I)cc(I)cc1C=Nc1c(F)cccc1F.Oc1c(I)cc(I)cc1C=Nc1c(F)cccc1F.[Ti]. The number of aliphatic imine (C=N–C) groups is 2. The minimum Gasteiger partial charge on any atom is -0.506 e. The van der Waals surface area contributed by atoms with Gasteiger partial charge in [0, 0.05) is 52.4 Å². The Labute approximate surface area is 315 Å². The minimum atomic E-state index is -0.740. The van der Waals surface area contributed by atoms with Crippen molar-refractivity contribution in [1.82, 2.24) is 0 Å². The molecule has 0 aliphatic rings. The third kappa shape index (κ3) is 11.6. The van der Waals surface area contributed by atoms with Crippen molar-refractivity contribution in [3.8, 4) is 11.5 Å². The van der Waals surface area contributed by atoms with Crippen molar-refractivity contribution in [1.29, 1.82) is 0 Å². The maximum absolute atomic E-state index is 13.4. The summed E-state index contributed by atoms with van der Waals surface area (Å²) in [6.45, 7) is 0. The summed E-state index contributed by atoms with van der Waals surface area (Å²) in [5, 5.41) is 19.7. The monoisotopic (exact) mass is 1090 g/mol. The Morgan fingerprint density at radius 3 is 1.15 bits per heavy atom. The molecule has 0 spiro atoms. The van der Waals surface area contributed by atoms with E-state index in [1.165, 1.54) is 24.6 Å². The molecule has 0 unspecified atom stereocenters. The van der Waals surface area contributed by atoms with Crippen LogP contribution in [0.5, 0.6) is 11.5 Å². The summed E-state index contributed by atoms with van der Waals surface area (Å²) in [7, 11) is 0. The van der Waals surface area contributed by atoms with E-state index < -0.39 is 23.3 Å². The van der Waals surface area contributed by atoms with Crippen LogP contribution in [0.3, 0.4) is 0 Å². The number of rotatable bonds is 4. The van der Waals surface area contributed by atoms with E-state index in [1.54, 1.807) is 24.3 Å². The van der Waals surface area contributed by atoms with Crippen LogP contribution in [-0.2, 0) is 21.7 Å². The second kappa shape index (κ2) is 19.2. The molecule has 0 aromatic heterocycles. The zero-order valence-corrected chi connectivity index (χ0v) is 31.9. The van der Waals surface area contributed by atoms with E-state index in [4.69, 9.17) is 0 Å². The predicted octanol–water partition coefficient (Wildman–Crippen LogP) is 10.1. The first kappa shape index (κ1) is 40.8. The molecule has 0 bridgehead atoms. The number of phenols is 2. The summed E-state index contributed by atoms with van der Waals surface area (Å²) >= 11 is 8.14. The van der Waals surface area contributed by atoms with Gasteiger partial charge in [0.25, 0.3) is 0 Å². The van der Waals surface area contributed by atoms with Crippen molar-refractivity contribution in [3.63, 3.8) is 0 Å². The van der Waals surface area contributed by atoms with E-state index in [-0.39, 0.29) is 69.4 Å². The Morgan fingerprint density at radius 1 is 0.561 bits per heavy atom. The second-order valence-corrected chi connectivity index (χ2v) is 12.1. The van der Waals surface area contributed by atoms with Gasteiger partial charge in [-0.3, -0.25) is 0 Å². The topological polar surface area (TPSA) is 65.2 Å². The summed E-state index contributed by atoms with van der Waals surface area (Å²) in [5.41, 5.74) is 0.101. The number of para-hydroxylation sites is 2. The quantitative estimate of drug-likeness (QED) is 0.0926. The van der Waals surface area contributed by atoms with Gasteiger partial charge in [-0.1, -0.05) is 12.1 Å². The molecule has 216 valence electrons. The molecule has 15 heteroatoms. The molecular formula is C26H16Cl2F4I4N2O2Ti. The van der Waals surface area contributed by atoms with Crippen LogP contribution < -0.4 is 0 Å².